The lowest BCUT2D eigenvalue weighted by molar-refractivity contribution is -0.133. The summed E-state index contributed by atoms with van der Waals surface area (Å²) in [4.78, 5) is 13.8. The number of nitrogens with one attached hydrogen (secondary N) is 1. The summed E-state index contributed by atoms with van der Waals surface area (Å²) in [6, 6.07) is 6.03. The summed E-state index contributed by atoms with van der Waals surface area (Å²) in [5.74, 6) is 0.121. The Kier molecular flexibility index (Phi) is 4.60. The number of rotatable bonds is 3. The number of carbonyl (C=O) groups is 1. The van der Waals surface area contributed by atoms with Crippen LogP contribution in [0.2, 0.25) is 0 Å². The van der Waals surface area contributed by atoms with Gasteiger partial charge >= 0.3 is 0 Å². The standard InChI is InChI=1S/C13H17BrN2O2/c1-10-6-11(14)8-12(7-10)15-9-13(17)16-2-4-18-5-3-16/h6-8,15H,2-5,9H2,1H3. The maximum absolute atomic E-state index is 11.9. The fourth-order valence-electron chi connectivity index (χ4n) is 1.94. The van der Waals surface area contributed by atoms with Crippen LogP contribution in [0, 0.1) is 6.92 Å². The van der Waals surface area contributed by atoms with Gasteiger partial charge in [-0.15, -0.1) is 0 Å². The normalized spacial score (nSPS) is 15.6. The third-order valence-electron chi connectivity index (χ3n) is 2.85. The Morgan fingerprint density at radius 2 is 2.11 bits per heavy atom. The van der Waals surface area contributed by atoms with E-state index in [9.17, 15) is 4.79 Å². The Balaban J connectivity index is 1.88. The minimum absolute atomic E-state index is 0.121. The van der Waals surface area contributed by atoms with E-state index in [4.69, 9.17) is 4.74 Å². The van der Waals surface area contributed by atoms with Gasteiger partial charge in [-0.05, 0) is 30.7 Å². The summed E-state index contributed by atoms with van der Waals surface area (Å²) in [6.45, 7) is 5.02. The molecule has 0 saturated carbocycles. The Hall–Kier alpha value is -1.07. The van der Waals surface area contributed by atoms with E-state index in [2.05, 4.69) is 21.2 Å². The molecule has 98 valence electrons. The van der Waals surface area contributed by atoms with Crippen molar-refractivity contribution < 1.29 is 9.53 Å². The van der Waals surface area contributed by atoms with E-state index in [1.165, 1.54) is 0 Å². The number of halogens is 1. The second-order valence-electron chi connectivity index (χ2n) is 4.36. The molecular weight excluding hydrogens is 296 g/mol. The van der Waals surface area contributed by atoms with Crippen molar-refractivity contribution in [1.82, 2.24) is 4.90 Å². The van der Waals surface area contributed by atoms with E-state index < -0.39 is 0 Å². The van der Waals surface area contributed by atoms with Crippen molar-refractivity contribution in [3.8, 4) is 0 Å². The second-order valence-corrected chi connectivity index (χ2v) is 5.28. The Bertz CT molecular complexity index is 411. The summed E-state index contributed by atoms with van der Waals surface area (Å²) in [7, 11) is 0. The molecule has 2 rings (SSSR count). The van der Waals surface area contributed by atoms with Crippen molar-refractivity contribution in [3.63, 3.8) is 0 Å². The fourth-order valence-corrected chi connectivity index (χ4v) is 2.55. The highest BCUT2D eigenvalue weighted by Gasteiger charge is 2.16. The van der Waals surface area contributed by atoms with Crippen LogP contribution in [-0.2, 0) is 9.53 Å². The van der Waals surface area contributed by atoms with Crippen molar-refractivity contribution in [1.29, 1.82) is 0 Å². The number of carbonyl (C=O) groups excluding carboxylic acids is 1. The Morgan fingerprint density at radius 1 is 1.39 bits per heavy atom. The molecule has 1 aliphatic rings. The molecule has 1 amide bonds. The quantitative estimate of drug-likeness (QED) is 0.928. The smallest absolute Gasteiger partial charge is 0.242 e. The summed E-state index contributed by atoms with van der Waals surface area (Å²) >= 11 is 3.44. The average Bonchev–Trinajstić information content (AvgIpc) is 2.36. The topological polar surface area (TPSA) is 41.6 Å². The van der Waals surface area contributed by atoms with Gasteiger partial charge in [0.25, 0.3) is 0 Å². The highest BCUT2D eigenvalue weighted by molar-refractivity contribution is 9.10. The maximum Gasteiger partial charge on any atom is 0.242 e. The Morgan fingerprint density at radius 3 is 2.78 bits per heavy atom. The van der Waals surface area contributed by atoms with Crippen molar-refractivity contribution in [2.75, 3.05) is 38.2 Å². The van der Waals surface area contributed by atoms with Crippen LogP contribution in [0.15, 0.2) is 22.7 Å². The number of amides is 1. The molecule has 0 bridgehead atoms. The largest absolute Gasteiger partial charge is 0.378 e. The zero-order chi connectivity index (χ0) is 13.0. The second kappa shape index (κ2) is 6.20. The maximum atomic E-state index is 11.9. The highest BCUT2D eigenvalue weighted by Crippen LogP contribution is 2.18. The van der Waals surface area contributed by atoms with Gasteiger partial charge in [-0.3, -0.25) is 4.79 Å². The van der Waals surface area contributed by atoms with Gasteiger partial charge in [-0.1, -0.05) is 15.9 Å². The van der Waals surface area contributed by atoms with Crippen LogP contribution in [0.3, 0.4) is 0 Å². The summed E-state index contributed by atoms with van der Waals surface area (Å²) in [6.07, 6.45) is 0. The predicted octanol–water partition coefficient (Wildman–Crippen LogP) is 2.03. The first-order chi connectivity index (χ1) is 8.65. The number of nitrogens with zero attached hydrogens (tertiary/aromatic N) is 1. The lowest BCUT2D eigenvalue weighted by Gasteiger charge is -2.27. The molecule has 0 radical (unpaired) electrons. The number of hydrogen-bond donors (Lipinski definition) is 1. The van der Waals surface area contributed by atoms with Crippen molar-refractivity contribution in [3.05, 3.63) is 28.2 Å². The summed E-state index contributed by atoms with van der Waals surface area (Å²) < 4.78 is 6.24. The minimum Gasteiger partial charge on any atom is -0.378 e. The molecule has 1 fully saturated rings. The van der Waals surface area contributed by atoms with Gasteiger partial charge in [0.15, 0.2) is 0 Å². The first-order valence-corrected chi connectivity index (χ1v) is 6.81. The van der Waals surface area contributed by atoms with Gasteiger partial charge < -0.3 is 15.0 Å². The molecule has 1 saturated heterocycles. The molecule has 1 N–H and O–H groups in total. The molecular formula is C13H17BrN2O2. The number of anilines is 1. The molecule has 0 spiro atoms. The van der Waals surface area contributed by atoms with Gasteiger partial charge in [0.1, 0.15) is 0 Å². The van der Waals surface area contributed by atoms with Crippen LogP contribution in [0.4, 0.5) is 5.69 Å². The van der Waals surface area contributed by atoms with E-state index in [-0.39, 0.29) is 5.91 Å². The Labute approximate surface area is 115 Å². The highest BCUT2D eigenvalue weighted by atomic mass is 79.9. The third kappa shape index (κ3) is 3.71. The van der Waals surface area contributed by atoms with Crippen molar-refractivity contribution in [2.24, 2.45) is 0 Å². The van der Waals surface area contributed by atoms with E-state index in [1.807, 2.05) is 30.0 Å². The van der Waals surface area contributed by atoms with Gasteiger partial charge in [0.05, 0.1) is 19.8 Å². The molecule has 1 aliphatic heterocycles. The van der Waals surface area contributed by atoms with E-state index in [0.717, 1.165) is 15.7 Å². The number of morpholine rings is 1. The molecule has 0 atom stereocenters. The van der Waals surface area contributed by atoms with Crippen LogP contribution in [0.1, 0.15) is 5.56 Å². The van der Waals surface area contributed by atoms with Gasteiger partial charge in [-0.2, -0.15) is 0 Å². The number of hydrogen-bond acceptors (Lipinski definition) is 3. The van der Waals surface area contributed by atoms with E-state index in [1.54, 1.807) is 0 Å². The lowest BCUT2D eigenvalue weighted by atomic mass is 10.2. The molecule has 1 heterocycles. The summed E-state index contributed by atoms with van der Waals surface area (Å²) in [5, 5.41) is 3.16. The lowest BCUT2D eigenvalue weighted by Crippen LogP contribution is -2.43. The van der Waals surface area contributed by atoms with Crippen LogP contribution in [0.25, 0.3) is 0 Å². The van der Waals surface area contributed by atoms with Gasteiger partial charge in [0.2, 0.25) is 5.91 Å². The van der Waals surface area contributed by atoms with Crippen LogP contribution in [-0.4, -0.2) is 43.7 Å². The minimum atomic E-state index is 0.121. The fraction of sp³-hybridized carbons (Fsp3) is 0.462. The number of ether oxygens (including phenoxy) is 1. The predicted molar refractivity (Wildman–Crippen MR) is 74.8 cm³/mol. The molecule has 1 aromatic rings. The molecule has 1 aromatic carbocycles. The number of aryl methyl sites for hydroxylation is 1. The zero-order valence-electron chi connectivity index (χ0n) is 10.4. The first-order valence-electron chi connectivity index (χ1n) is 6.02. The number of benzene rings is 1. The van der Waals surface area contributed by atoms with Gasteiger partial charge in [0, 0.05) is 23.2 Å². The van der Waals surface area contributed by atoms with Gasteiger partial charge in [-0.25, -0.2) is 0 Å². The molecule has 0 aliphatic carbocycles. The van der Waals surface area contributed by atoms with E-state index in [0.29, 0.717) is 32.8 Å². The third-order valence-corrected chi connectivity index (χ3v) is 3.31. The monoisotopic (exact) mass is 312 g/mol. The average molecular weight is 313 g/mol. The summed E-state index contributed by atoms with van der Waals surface area (Å²) in [5.41, 5.74) is 2.12. The van der Waals surface area contributed by atoms with Crippen LogP contribution in [0.5, 0.6) is 0 Å². The molecule has 0 aromatic heterocycles. The zero-order valence-corrected chi connectivity index (χ0v) is 12.0. The van der Waals surface area contributed by atoms with Crippen LogP contribution >= 0.6 is 15.9 Å². The van der Waals surface area contributed by atoms with Crippen molar-refractivity contribution in [2.45, 2.75) is 6.92 Å². The first kappa shape index (κ1) is 13.4. The van der Waals surface area contributed by atoms with E-state index >= 15 is 0 Å². The molecule has 5 heteroatoms. The molecule has 0 unspecified atom stereocenters. The van der Waals surface area contributed by atoms with Crippen molar-refractivity contribution >= 4 is 27.5 Å². The van der Waals surface area contributed by atoms with Crippen LogP contribution < -0.4 is 5.32 Å². The SMILES string of the molecule is Cc1cc(Br)cc(NCC(=O)N2CCOCC2)c1. The molecule has 4 nitrogen and oxygen atoms in total. The molecule has 18 heavy (non-hydrogen) atoms.